The summed E-state index contributed by atoms with van der Waals surface area (Å²) in [7, 11) is 1.54. The van der Waals surface area contributed by atoms with Crippen LogP contribution < -0.4 is 15.0 Å². The fourth-order valence-corrected chi connectivity index (χ4v) is 3.06. The van der Waals surface area contributed by atoms with Crippen LogP contribution in [0.5, 0.6) is 11.5 Å². The molecule has 2 aromatic carbocycles. The molecule has 1 heterocycles. The van der Waals surface area contributed by atoms with E-state index < -0.39 is 5.56 Å². The van der Waals surface area contributed by atoms with Crippen LogP contribution in [0.15, 0.2) is 64.6 Å². The van der Waals surface area contributed by atoms with Crippen LogP contribution in [0.2, 0.25) is 0 Å². The average molecular weight is 405 g/mol. The van der Waals surface area contributed by atoms with Gasteiger partial charge in [-0.1, -0.05) is 48.2 Å². The SMILES string of the molecule is COc1cc(-c2nc(SC)[nH]c(=O)c2C#N)ccc1OCC=Cc1ccccc1. The van der Waals surface area contributed by atoms with Gasteiger partial charge in [0.1, 0.15) is 18.2 Å². The summed E-state index contributed by atoms with van der Waals surface area (Å²) in [6.07, 6.45) is 5.69. The summed E-state index contributed by atoms with van der Waals surface area (Å²) >= 11 is 1.30. The van der Waals surface area contributed by atoms with Crippen LogP contribution in [0.4, 0.5) is 0 Å². The maximum Gasteiger partial charge on any atom is 0.270 e. The first-order chi connectivity index (χ1) is 14.2. The number of ether oxygens (including phenoxy) is 2. The highest BCUT2D eigenvalue weighted by Gasteiger charge is 2.15. The Kier molecular flexibility index (Phi) is 6.72. The molecule has 0 aliphatic rings. The first-order valence-electron chi connectivity index (χ1n) is 8.77. The molecule has 0 saturated heterocycles. The van der Waals surface area contributed by atoms with Crippen molar-refractivity contribution >= 4 is 17.8 Å². The Morgan fingerprint density at radius 1 is 1.21 bits per heavy atom. The van der Waals surface area contributed by atoms with Crippen LogP contribution >= 0.6 is 11.8 Å². The highest BCUT2D eigenvalue weighted by molar-refractivity contribution is 7.98. The van der Waals surface area contributed by atoms with Gasteiger partial charge in [0.25, 0.3) is 5.56 Å². The van der Waals surface area contributed by atoms with Crippen molar-refractivity contribution in [1.29, 1.82) is 5.26 Å². The minimum Gasteiger partial charge on any atom is -0.493 e. The summed E-state index contributed by atoms with van der Waals surface area (Å²) < 4.78 is 11.2. The fourth-order valence-electron chi connectivity index (χ4n) is 2.68. The monoisotopic (exact) mass is 405 g/mol. The Hall–Kier alpha value is -3.50. The van der Waals surface area contributed by atoms with Crippen molar-refractivity contribution in [2.75, 3.05) is 20.0 Å². The molecule has 146 valence electrons. The van der Waals surface area contributed by atoms with Gasteiger partial charge < -0.3 is 14.5 Å². The number of nitrogens with one attached hydrogen (secondary N) is 1. The minimum absolute atomic E-state index is 0.0377. The van der Waals surface area contributed by atoms with Crippen LogP contribution in [0.25, 0.3) is 17.3 Å². The summed E-state index contributed by atoms with van der Waals surface area (Å²) in [5.41, 5.74) is 1.50. The Morgan fingerprint density at radius 3 is 2.69 bits per heavy atom. The van der Waals surface area contributed by atoms with Crippen molar-refractivity contribution in [1.82, 2.24) is 9.97 Å². The van der Waals surface area contributed by atoms with Gasteiger partial charge in [-0.2, -0.15) is 5.26 Å². The third-order valence-electron chi connectivity index (χ3n) is 4.08. The van der Waals surface area contributed by atoms with E-state index >= 15 is 0 Å². The lowest BCUT2D eigenvalue weighted by Crippen LogP contribution is -2.14. The smallest absolute Gasteiger partial charge is 0.270 e. The van der Waals surface area contributed by atoms with Crippen LogP contribution in [0.1, 0.15) is 11.1 Å². The average Bonchev–Trinajstić information content (AvgIpc) is 2.76. The molecule has 0 fully saturated rings. The molecule has 0 bridgehead atoms. The molecule has 0 aliphatic heterocycles. The largest absolute Gasteiger partial charge is 0.493 e. The lowest BCUT2D eigenvalue weighted by atomic mass is 10.1. The lowest BCUT2D eigenvalue weighted by Gasteiger charge is -2.12. The molecule has 6 nitrogen and oxygen atoms in total. The number of aromatic amines is 1. The molecule has 7 heteroatoms. The highest BCUT2D eigenvalue weighted by Crippen LogP contribution is 2.33. The number of hydrogen-bond donors (Lipinski definition) is 1. The number of aromatic nitrogens is 2. The molecular weight excluding hydrogens is 386 g/mol. The Balaban J connectivity index is 1.84. The van der Waals surface area contributed by atoms with Gasteiger partial charge in [0.05, 0.1) is 12.8 Å². The number of hydrogen-bond acceptors (Lipinski definition) is 6. The van der Waals surface area contributed by atoms with Gasteiger partial charge in [0.15, 0.2) is 16.7 Å². The van der Waals surface area contributed by atoms with Gasteiger partial charge >= 0.3 is 0 Å². The number of H-pyrrole nitrogens is 1. The second-order valence-electron chi connectivity index (χ2n) is 5.90. The minimum atomic E-state index is -0.466. The van der Waals surface area contributed by atoms with Crippen molar-refractivity contribution in [3.05, 3.63) is 76.1 Å². The van der Waals surface area contributed by atoms with E-state index in [2.05, 4.69) is 9.97 Å². The molecule has 0 atom stereocenters. The van der Waals surface area contributed by atoms with Crippen molar-refractivity contribution in [2.24, 2.45) is 0 Å². The first-order valence-corrected chi connectivity index (χ1v) is 10.00. The maximum absolute atomic E-state index is 12.1. The number of benzene rings is 2. The normalized spacial score (nSPS) is 10.7. The van der Waals surface area contributed by atoms with Crippen molar-refractivity contribution in [3.8, 4) is 28.8 Å². The molecule has 0 amide bonds. The van der Waals surface area contributed by atoms with E-state index in [0.29, 0.717) is 34.5 Å². The number of thioether (sulfide) groups is 1. The third-order valence-corrected chi connectivity index (χ3v) is 4.66. The molecule has 0 radical (unpaired) electrons. The summed E-state index contributed by atoms with van der Waals surface area (Å²) in [5, 5.41) is 9.80. The number of nitrogens with zero attached hydrogens (tertiary/aromatic N) is 2. The first kappa shape index (κ1) is 20.2. The maximum atomic E-state index is 12.1. The molecule has 1 aromatic heterocycles. The van der Waals surface area contributed by atoms with Gasteiger partial charge in [-0.05, 0) is 36.1 Å². The Labute approximate surface area is 172 Å². The van der Waals surface area contributed by atoms with E-state index in [9.17, 15) is 10.1 Å². The molecule has 3 aromatic rings. The van der Waals surface area contributed by atoms with E-state index in [-0.39, 0.29) is 5.56 Å². The highest BCUT2D eigenvalue weighted by atomic mass is 32.2. The standard InChI is InChI=1S/C22H19N3O3S/c1-27-19-13-16(20-17(14-23)21(26)25-22(24-20)29-2)10-11-18(19)28-12-6-9-15-7-4-3-5-8-15/h3-11,13H,12H2,1-2H3,(H,24,25,26). The third kappa shape index (κ3) is 4.86. The number of nitriles is 1. The quantitative estimate of drug-likeness (QED) is 0.470. The van der Waals surface area contributed by atoms with Crippen LogP contribution in [-0.2, 0) is 0 Å². The molecular formula is C22H19N3O3S. The molecule has 3 rings (SSSR count). The number of rotatable bonds is 7. The molecule has 0 unspecified atom stereocenters. The molecule has 29 heavy (non-hydrogen) atoms. The Morgan fingerprint density at radius 2 is 2.00 bits per heavy atom. The Bertz CT molecular complexity index is 1120. The lowest BCUT2D eigenvalue weighted by molar-refractivity contribution is 0.327. The van der Waals surface area contributed by atoms with E-state index in [4.69, 9.17) is 9.47 Å². The zero-order valence-corrected chi connectivity index (χ0v) is 16.8. The van der Waals surface area contributed by atoms with Gasteiger partial charge in [-0.25, -0.2) is 4.98 Å². The second-order valence-corrected chi connectivity index (χ2v) is 6.70. The van der Waals surface area contributed by atoms with Crippen LogP contribution in [-0.4, -0.2) is 29.9 Å². The van der Waals surface area contributed by atoms with Gasteiger partial charge in [-0.15, -0.1) is 0 Å². The van der Waals surface area contributed by atoms with Gasteiger partial charge in [-0.3, -0.25) is 4.79 Å². The van der Waals surface area contributed by atoms with Crippen molar-refractivity contribution in [3.63, 3.8) is 0 Å². The topological polar surface area (TPSA) is 88.0 Å². The summed E-state index contributed by atoms with van der Waals surface area (Å²) in [4.78, 5) is 19.1. The van der Waals surface area contributed by atoms with Gasteiger partial charge in [0, 0.05) is 5.56 Å². The van der Waals surface area contributed by atoms with Gasteiger partial charge in [0.2, 0.25) is 0 Å². The predicted octanol–water partition coefficient (Wildman–Crippen LogP) is 4.13. The molecule has 0 saturated carbocycles. The van der Waals surface area contributed by atoms with E-state index in [1.165, 1.54) is 18.9 Å². The summed E-state index contributed by atoms with van der Waals surface area (Å²) in [6, 6.07) is 17.1. The molecule has 1 N–H and O–H groups in total. The zero-order valence-electron chi connectivity index (χ0n) is 16.0. The summed E-state index contributed by atoms with van der Waals surface area (Å²) in [6.45, 7) is 0.369. The number of methoxy groups -OCH3 is 1. The van der Waals surface area contributed by atoms with E-state index in [1.54, 1.807) is 24.5 Å². The van der Waals surface area contributed by atoms with Crippen LogP contribution in [0, 0.1) is 11.3 Å². The van der Waals surface area contributed by atoms with Crippen LogP contribution in [0.3, 0.4) is 0 Å². The van der Waals surface area contributed by atoms with E-state index in [0.717, 1.165) is 5.56 Å². The van der Waals surface area contributed by atoms with Crippen molar-refractivity contribution < 1.29 is 9.47 Å². The fraction of sp³-hybridized carbons (Fsp3) is 0.136. The molecule has 0 spiro atoms. The van der Waals surface area contributed by atoms with E-state index in [1.807, 2.05) is 48.6 Å². The molecule has 0 aliphatic carbocycles. The predicted molar refractivity (Wildman–Crippen MR) is 114 cm³/mol. The van der Waals surface area contributed by atoms with Crippen molar-refractivity contribution in [2.45, 2.75) is 5.16 Å². The zero-order chi connectivity index (χ0) is 20.6. The second kappa shape index (κ2) is 9.62. The summed E-state index contributed by atoms with van der Waals surface area (Å²) in [5.74, 6) is 1.05.